The van der Waals surface area contributed by atoms with Gasteiger partial charge in [-0.05, 0) is 38.3 Å². The van der Waals surface area contributed by atoms with Crippen LogP contribution in [0.4, 0.5) is 4.39 Å². The molecule has 0 unspecified atom stereocenters. The van der Waals surface area contributed by atoms with Crippen LogP contribution in [-0.4, -0.2) is 10.7 Å². The molecule has 0 saturated heterocycles. The highest BCUT2D eigenvalue weighted by molar-refractivity contribution is 6.31. The van der Waals surface area contributed by atoms with Crippen molar-refractivity contribution >= 4 is 11.6 Å². The van der Waals surface area contributed by atoms with Gasteiger partial charge in [0, 0.05) is 17.0 Å². The van der Waals surface area contributed by atoms with Crippen molar-refractivity contribution in [3.63, 3.8) is 0 Å². The van der Waals surface area contributed by atoms with Crippen LogP contribution in [0.1, 0.15) is 37.8 Å². The summed E-state index contributed by atoms with van der Waals surface area (Å²) in [5, 5.41) is 10.3. The summed E-state index contributed by atoms with van der Waals surface area (Å²) in [5.74, 6) is 0. The Morgan fingerprint density at radius 2 is 2.06 bits per heavy atom. The summed E-state index contributed by atoms with van der Waals surface area (Å²) in [5.41, 5.74) is -0.763. The molecule has 1 aromatic rings. The lowest BCUT2D eigenvalue weighted by Crippen LogP contribution is -2.18. The molecule has 1 aromatic carbocycles. The van der Waals surface area contributed by atoms with Gasteiger partial charge in [-0.3, -0.25) is 0 Å². The first-order valence-electron chi connectivity index (χ1n) is 5.51. The summed E-state index contributed by atoms with van der Waals surface area (Å²) in [6.07, 6.45) is 2.09. The molecule has 1 aliphatic rings. The minimum atomic E-state index is -1.47. The van der Waals surface area contributed by atoms with Gasteiger partial charge in [-0.1, -0.05) is 23.7 Å². The zero-order chi connectivity index (χ0) is 12.0. The van der Waals surface area contributed by atoms with Crippen molar-refractivity contribution in [1.29, 1.82) is 0 Å². The third-order valence-electron chi connectivity index (χ3n) is 3.04. The van der Waals surface area contributed by atoms with Crippen molar-refractivity contribution in [3.05, 3.63) is 34.3 Å². The van der Waals surface area contributed by atoms with Gasteiger partial charge in [-0.2, -0.15) is 0 Å². The number of hydrogen-bond acceptors (Lipinski definition) is 1. The van der Waals surface area contributed by atoms with E-state index >= 15 is 0 Å². The second-order valence-electron chi connectivity index (χ2n) is 5.15. The largest absolute Gasteiger partial charge is 0.390 e. The summed E-state index contributed by atoms with van der Waals surface area (Å²) in [6.45, 7) is 2.99. The molecule has 2 rings (SSSR count). The molecule has 0 aromatic heterocycles. The van der Waals surface area contributed by atoms with E-state index in [9.17, 15) is 9.50 Å². The second kappa shape index (κ2) is 3.71. The van der Waals surface area contributed by atoms with Gasteiger partial charge in [0.1, 0.15) is 5.67 Å². The SMILES string of the molecule is CC(C)(F)c1c(Cl)cccc1CC1(O)CC1. The highest BCUT2D eigenvalue weighted by atomic mass is 35.5. The highest BCUT2D eigenvalue weighted by Crippen LogP contribution is 2.42. The molecule has 0 amide bonds. The lowest BCUT2D eigenvalue weighted by atomic mass is 9.91. The molecular formula is C13H16ClFO. The Balaban J connectivity index is 2.40. The van der Waals surface area contributed by atoms with E-state index in [2.05, 4.69) is 0 Å². The van der Waals surface area contributed by atoms with Crippen LogP contribution >= 0.6 is 11.6 Å². The molecule has 88 valence electrons. The molecule has 1 N–H and O–H groups in total. The van der Waals surface area contributed by atoms with Crippen LogP contribution in [0.5, 0.6) is 0 Å². The quantitative estimate of drug-likeness (QED) is 0.859. The number of benzene rings is 1. The Hall–Kier alpha value is -0.600. The van der Waals surface area contributed by atoms with E-state index in [1.165, 1.54) is 13.8 Å². The fourth-order valence-corrected chi connectivity index (χ4v) is 2.48. The van der Waals surface area contributed by atoms with Gasteiger partial charge >= 0.3 is 0 Å². The van der Waals surface area contributed by atoms with Crippen molar-refractivity contribution in [3.8, 4) is 0 Å². The van der Waals surface area contributed by atoms with Crippen molar-refractivity contribution in [1.82, 2.24) is 0 Å². The lowest BCUT2D eigenvalue weighted by molar-refractivity contribution is 0.148. The second-order valence-corrected chi connectivity index (χ2v) is 5.55. The molecule has 1 nitrogen and oxygen atoms in total. The van der Waals surface area contributed by atoms with E-state index < -0.39 is 11.3 Å². The number of halogens is 2. The van der Waals surface area contributed by atoms with Crippen LogP contribution in [0.15, 0.2) is 18.2 Å². The minimum absolute atomic E-state index is 0.439. The molecular weight excluding hydrogens is 227 g/mol. The predicted octanol–water partition coefficient (Wildman–Crippen LogP) is 3.61. The maximum absolute atomic E-state index is 14.1. The molecule has 0 radical (unpaired) electrons. The first-order valence-corrected chi connectivity index (χ1v) is 5.89. The maximum Gasteiger partial charge on any atom is 0.132 e. The summed E-state index contributed by atoms with van der Waals surface area (Å²) in [6, 6.07) is 5.34. The third kappa shape index (κ3) is 2.38. The number of hydrogen-bond donors (Lipinski definition) is 1. The monoisotopic (exact) mass is 242 g/mol. The number of rotatable bonds is 3. The van der Waals surface area contributed by atoms with Crippen molar-refractivity contribution in [2.75, 3.05) is 0 Å². The van der Waals surface area contributed by atoms with Gasteiger partial charge < -0.3 is 5.11 Å². The molecule has 1 saturated carbocycles. The van der Waals surface area contributed by atoms with Gasteiger partial charge in [-0.15, -0.1) is 0 Å². The Bertz CT molecular complexity index is 405. The lowest BCUT2D eigenvalue weighted by Gasteiger charge is -2.22. The minimum Gasteiger partial charge on any atom is -0.390 e. The van der Waals surface area contributed by atoms with Gasteiger partial charge in [-0.25, -0.2) is 4.39 Å². The molecule has 0 heterocycles. The van der Waals surface area contributed by atoms with Gasteiger partial charge in [0.2, 0.25) is 0 Å². The molecule has 1 fully saturated rings. The molecule has 1 aliphatic carbocycles. The molecule has 0 spiro atoms. The van der Waals surface area contributed by atoms with Crippen LogP contribution < -0.4 is 0 Å². The maximum atomic E-state index is 14.1. The average molecular weight is 243 g/mol. The average Bonchev–Trinajstić information content (AvgIpc) is 2.80. The topological polar surface area (TPSA) is 20.2 Å². The molecule has 0 atom stereocenters. The Morgan fingerprint density at radius 3 is 2.56 bits per heavy atom. The fourth-order valence-electron chi connectivity index (χ4n) is 2.06. The van der Waals surface area contributed by atoms with Gasteiger partial charge in [0.25, 0.3) is 0 Å². The van der Waals surface area contributed by atoms with E-state index in [-0.39, 0.29) is 0 Å². The first-order chi connectivity index (χ1) is 7.32. The molecule has 0 bridgehead atoms. The van der Waals surface area contributed by atoms with Crippen molar-refractivity contribution < 1.29 is 9.50 Å². The van der Waals surface area contributed by atoms with Gasteiger partial charge in [0.15, 0.2) is 0 Å². The summed E-state index contributed by atoms with van der Waals surface area (Å²) in [4.78, 5) is 0. The van der Waals surface area contributed by atoms with E-state index in [0.29, 0.717) is 17.0 Å². The Kier molecular flexibility index (Phi) is 2.75. The van der Waals surface area contributed by atoms with Crippen molar-refractivity contribution in [2.24, 2.45) is 0 Å². The van der Waals surface area contributed by atoms with Crippen LogP contribution in [0.2, 0.25) is 5.02 Å². The van der Waals surface area contributed by atoms with Crippen LogP contribution in [0.3, 0.4) is 0 Å². The Morgan fingerprint density at radius 1 is 1.44 bits per heavy atom. The van der Waals surface area contributed by atoms with Gasteiger partial charge in [0.05, 0.1) is 5.60 Å². The number of aliphatic hydroxyl groups is 1. The first kappa shape index (κ1) is 11.9. The standard InChI is InChI=1S/C13H16ClFO/c1-12(2,15)11-9(4-3-5-10(11)14)8-13(16)6-7-13/h3-5,16H,6-8H2,1-2H3. The van der Waals surface area contributed by atoms with E-state index in [1.807, 2.05) is 6.07 Å². The fraction of sp³-hybridized carbons (Fsp3) is 0.538. The summed E-state index contributed by atoms with van der Waals surface area (Å²) >= 11 is 6.04. The molecule has 0 aliphatic heterocycles. The van der Waals surface area contributed by atoms with E-state index in [0.717, 1.165) is 18.4 Å². The van der Waals surface area contributed by atoms with Crippen LogP contribution in [0, 0.1) is 0 Å². The predicted molar refractivity (Wildman–Crippen MR) is 63.5 cm³/mol. The van der Waals surface area contributed by atoms with Crippen LogP contribution in [0.25, 0.3) is 0 Å². The smallest absolute Gasteiger partial charge is 0.132 e. The zero-order valence-corrected chi connectivity index (χ0v) is 10.3. The molecule has 3 heteroatoms. The Labute approximate surface area is 100 Å². The number of alkyl halides is 1. The zero-order valence-electron chi connectivity index (χ0n) is 9.56. The van der Waals surface area contributed by atoms with Crippen molar-refractivity contribution in [2.45, 2.75) is 44.4 Å². The molecule has 16 heavy (non-hydrogen) atoms. The summed E-state index contributed by atoms with van der Waals surface area (Å²) in [7, 11) is 0. The van der Waals surface area contributed by atoms with Crippen LogP contribution in [-0.2, 0) is 12.1 Å². The normalized spacial score (nSPS) is 18.6. The third-order valence-corrected chi connectivity index (χ3v) is 3.36. The highest BCUT2D eigenvalue weighted by Gasteiger charge is 2.41. The summed E-state index contributed by atoms with van der Waals surface area (Å²) < 4.78 is 14.1. The van der Waals surface area contributed by atoms with E-state index in [1.54, 1.807) is 12.1 Å². The van der Waals surface area contributed by atoms with E-state index in [4.69, 9.17) is 11.6 Å².